The van der Waals surface area contributed by atoms with Gasteiger partial charge in [0.1, 0.15) is 18.5 Å². The molecule has 0 spiro atoms. The summed E-state index contributed by atoms with van der Waals surface area (Å²) >= 11 is 0. The van der Waals surface area contributed by atoms with Crippen molar-refractivity contribution in [3.8, 4) is 22.8 Å². The zero-order valence-corrected chi connectivity index (χ0v) is 23.8. The molecule has 6 rings (SSSR count). The molecule has 5 aromatic rings. The van der Waals surface area contributed by atoms with E-state index in [9.17, 15) is 0 Å². The van der Waals surface area contributed by atoms with E-state index in [-0.39, 0.29) is 5.41 Å². The van der Waals surface area contributed by atoms with E-state index in [0.717, 1.165) is 17.9 Å². The summed E-state index contributed by atoms with van der Waals surface area (Å²) in [5, 5.41) is 9.05. The molecule has 0 amide bonds. The first-order valence-electron chi connectivity index (χ1n) is 13.1. The summed E-state index contributed by atoms with van der Waals surface area (Å²) in [6.07, 6.45) is 3.17. The van der Waals surface area contributed by atoms with Gasteiger partial charge in [0.15, 0.2) is 6.20 Å². The number of hydrogen-bond donors (Lipinski definition) is 0. The van der Waals surface area contributed by atoms with Crippen molar-refractivity contribution in [1.82, 2.24) is 0 Å². The molecule has 0 fully saturated rings. The molecule has 2 heterocycles. The molecule has 0 saturated carbocycles. The highest BCUT2D eigenvalue weighted by atomic mass is 28.3. The van der Waals surface area contributed by atoms with Gasteiger partial charge in [0.2, 0.25) is 5.69 Å². The molecule has 1 aliphatic heterocycles. The molecule has 0 unspecified atom stereocenters. The standard InChI is InChI=1S/C33H36NOSi/c1-20-24-11-9-10-12-26(24)27(19-33(2,3)4)32-28(20)30-29-21(15-16-34(30)5)17-22-18-23(36(6,7)8)13-14-25(22)31(29)35-32/h9-18H,19H2,1-8H3/q+1. The number of aryl methyl sites for hydroxylation is 2. The monoisotopic (exact) mass is 490 g/mol. The zero-order valence-electron chi connectivity index (χ0n) is 22.8. The number of aromatic nitrogens is 1. The smallest absolute Gasteiger partial charge is 0.228 e. The first-order chi connectivity index (χ1) is 16.9. The summed E-state index contributed by atoms with van der Waals surface area (Å²) in [7, 11) is 0.743. The number of pyridine rings is 1. The van der Waals surface area contributed by atoms with E-state index in [1.807, 2.05) is 0 Å². The van der Waals surface area contributed by atoms with E-state index < -0.39 is 8.07 Å². The van der Waals surface area contributed by atoms with Crippen LogP contribution < -0.4 is 14.5 Å². The number of ether oxygens (including phenoxy) is 1. The fourth-order valence-electron chi connectivity index (χ4n) is 5.94. The number of hydrogen-bond acceptors (Lipinski definition) is 1. The van der Waals surface area contributed by atoms with Gasteiger partial charge in [0, 0.05) is 17.0 Å². The van der Waals surface area contributed by atoms with Gasteiger partial charge in [0.25, 0.3) is 0 Å². The Hall–Kier alpha value is -3.17. The Morgan fingerprint density at radius 1 is 0.833 bits per heavy atom. The second kappa shape index (κ2) is 7.66. The molecule has 0 atom stereocenters. The van der Waals surface area contributed by atoms with Gasteiger partial charge in [-0.2, -0.15) is 0 Å². The van der Waals surface area contributed by atoms with Gasteiger partial charge < -0.3 is 4.74 Å². The maximum Gasteiger partial charge on any atom is 0.228 e. The zero-order chi connectivity index (χ0) is 25.6. The molecule has 0 saturated heterocycles. The Morgan fingerprint density at radius 3 is 2.25 bits per heavy atom. The van der Waals surface area contributed by atoms with Crippen LogP contribution in [0.1, 0.15) is 31.9 Å². The summed E-state index contributed by atoms with van der Waals surface area (Å²) < 4.78 is 9.40. The SMILES string of the molecule is Cc1c2c(c(CC(C)(C)C)c3ccccc13)Oc1c3ccc([Si](C)(C)C)cc3cc3cc[n+](C)c-2c13. The minimum absolute atomic E-state index is 0.134. The fraction of sp³-hybridized carbons (Fsp3) is 0.303. The topological polar surface area (TPSA) is 13.1 Å². The van der Waals surface area contributed by atoms with Crippen LogP contribution in [0.15, 0.2) is 60.8 Å². The summed E-state index contributed by atoms with van der Waals surface area (Å²) in [5.41, 5.74) is 5.25. The van der Waals surface area contributed by atoms with Crippen LogP contribution in [0, 0.1) is 12.3 Å². The quantitative estimate of drug-likeness (QED) is 0.135. The Balaban J connectivity index is 1.78. The molecule has 4 aromatic carbocycles. The number of benzene rings is 4. The molecular formula is C33H36NOSi+. The van der Waals surface area contributed by atoms with E-state index in [1.54, 1.807) is 0 Å². The lowest BCUT2D eigenvalue weighted by Gasteiger charge is -2.28. The highest BCUT2D eigenvalue weighted by Gasteiger charge is 2.34. The lowest BCUT2D eigenvalue weighted by atomic mass is 9.81. The molecule has 3 heteroatoms. The maximum absolute atomic E-state index is 7.11. The van der Waals surface area contributed by atoms with E-state index in [1.165, 1.54) is 59.9 Å². The van der Waals surface area contributed by atoms with Crippen molar-refractivity contribution in [3.63, 3.8) is 0 Å². The highest BCUT2D eigenvalue weighted by molar-refractivity contribution is 6.88. The predicted octanol–water partition coefficient (Wildman–Crippen LogP) is 8.19. The Bertz CT molecular complexity index is 1720. The number of rotatable bonds is 2. The van der Waals surface area contributed by atoms with Crippen molar-refractivity contribution in [2.75, 3.05) is 0 Å². The minimum atomic E-state index is -1.43. The first-order valence-corrected chi connectivity index (χ1v) is 16.6. The summed E-state index contributed by atoms with van der Waals surface area (Å²) in [4.78, 5) is 0. The average Bonchev–Trinajstić information content (AvgIpc) is 2.81. The van der Waals surface area contributed by atoms with E-state index in [4.69, 9.17) is 4.74 Å². The van der Waals surface area contributed by atoms with Gasteiger partial charge in [-0.1, -0.05) is 88.1 Å². The molecule has 1 aromatic heterocycles. The average molecular weight is 491 g/mol. The second-order valence-corrected chi connectivity index (χ2v) is 17.9. The molecular weight excluding hydrogens is 454 g/mol. The van der Waals surface area contributed by atoms with Gasteiger partial charge in [-0.3, -0.25) is 0 Å². The summed E-state index contributed by atoms with van der Waals surface area (Å²) in [6, 6.07) is 20.5. The van der Waals surface area contributed by atoms with Crippen LogP contribution >= 0.6 is 0 Å². The van der Waals surface area contributed by atoms with Gasteiger partial charge in [-0.25, -0.2) is 4.57 Å². The molecule has 0 N–H and O–H groups in total. The van der Waals surface area contributed by atoms with Crippen LogP contribution in [0.2, 0.25) is 19.6 Å². The molecule has 182 valence electrons. The largest absolute Gasteiger partial charge is 0.455 e. The van der Waals surface area contributed by atoms with Crippen LogP contribution in [0.4, 0.5) is 0 Å². The van der Waals surface area contributed by atoms with Crippen molar-refractivity contribution >= 4 is 45.6 Å². The van der Waals surface area contributed by atoms with Crippen LogP contribution in [0.25, 0.3) is 43.6 Å². The third kappa shape index (κ3) is 3.48. The van der Waals surface area contributed by atoms with Crippen molar-refractivity contribution < 1.29 is 9.30 Å². The van der Waals surface area contributed by atoms with Gasteiger partial charge in [-0.15, -0.1) is 0 Å². The lowest BCUT2D eigenvalue weighted by Crippen LogP contribution is -2.37. The van der Waals surface area contributed by atoms with E-state index in [2.05, 4.69) is 120 Å². The van der Waals surface area contributed by atoms with Gasteiger partial charge >= 0.3 is 0 Å². The third-order valence-corrected chi connectivity index (χ3v) is 9.78. The van der Waals surface area contributed by atoms with Crippen LogP contribution in [0.3, 0.4) is 0 Å². The Morgan fingerprint density at radius 2 is 1.56 bits per heavy atom. The Kier molecular flexibility index (Phi) is 4.95. The van der Waals surface area contributed by atoms with Crippen LogP contribution in [-0.2, 0) is 13.5 Å². The third-order valence-electron chi connectivity index (χ3n) is 7.74. The van der Waals surface area contributed by atoms with Crippen molar-refractivity contribution in [1.29, 1.82) is 0 Å². The minimum Gasteiger partial charge on any atom is -0.455 e. The molecule has 0 bridgehead atoms. The normalized spacial score (nSPS) is 13.3. The van der Waals surface area contributed by atoms with Crippen LogP contribution in [-0.4, -0.2) is 8.07 Å². The van der Waals surface area contributed by atoms with Crippen molar-refractivity contribution in [2.45, 2.75) is 53.8 Å². The molecule has 0 radical (unpaired) electrons. The molecule has 36 heavy (non-hydrogen) atoms. The van der Waals surface area contributed by atoms with E-state index in [0.29, 0.717) is 0 Å². The Labute approximate surface area is 215 Å². The molecule has 2 nitrogen and oxygen atoms in total. The van der Waals surface area contributed by atoms with Crippen LogP contribution in [0.5, 0.6) is 11.5 Å². The lowest BCUT2D eigenvalue weighted by molar-refractivity contribution is -0.659. The van der Waals surface area contributed by atoms with E-state index >= 15 is 0 Å². The summed E-state index contributed by atoms with van der Waals surface area (Å²) in [5.74, 6) is 2.05. The highest BCUT2D eigenvalue weighted by Crippen LogP contribution is 2.53. The molecule has 0 aliphatic carbocycles. The summed E-state index contributed by atoms with van der Waals surface area (Å²) in [6.45, 7) is 16.5. The first kappa shape index (κ1) is 23.2. The van der Waals surface area contributed by atoms with Crippen molar-refractivity contribution in [2.24, 2.45) is 12.5 Å². The fourth-order valence-corrected chi connectivity index (χ4v) is 7.12. The second-order valence-electron chi connectivity index (χ2n) is 12.8. The molecule has 1 aliphatic rings. The number of nitrogens with zero attached hydrogens (tertiary/aromatic N) is 1. The number of fused-ring (bicyclic) bond motifs is 5. The van der Waals surface area contributed by atoms with Gasteiger partial charge in [-0.05, 0) is 51.9 Å². The predicted molar refractivity (Wildman–Crippen MR) is 157 cm³/mol. The van der Waals surface area contributed by atoms with Gasteiger partial charge in [0.05, 0.1) is 19.0 Å². The van der Waals surface area contributed by atoms with Crippen molar-refractivity contribution in [3.05, 3.63) is 71.9 Å². The maximum atomic E-state index is 7.11.